The van der Waals surface area contributed by atoms with Gasteiger partial charge in [-0.2, -0.15) is 8.42 Å². The van der Waals surface area contributed by atoms with Crippen molar-refractivity contribution in [3.63, 3.8) is 0 Å². The van der Waals surface area contributed by atoms with Crippen LogP contribution < -0.4 is 0 Å². The lowest BCUT2D eigenvalue weighted by atomic mass is 10.1. The van der Waals surface area contributed by atoms with Gasteiger partial charge in [0.2, 0.25) is 0 Å². The van der Waals surface area contributed by atoms with Gasteiger partial charge in [0.15, 0.2) is 0 Å². The van der Waals surface area contributed by atoms with Crippen LogP contribution in [0, 0.1) is 12.3 Å². The van der Waals surface area contributed by atoms with Crippen LogP contribution in [0.4, 0.5) is 0 Å². The van der Waals surface area contributed by atoms with Gasteiger partial charge in [0, 0.05) is 12.8 Å². The van der Waals surface area contributed by atoms with Gasteiger partial charge in [-0.25, -0.2) is 0 Å². The third-order valence-corrected chi connectivity index (χ3v) is 3.08. The molecule has 0 unspecified atom stereocenters. The van der Waals surface area contributed by atoms with E-state index >= 15 is 0 Å². The molecule has 0 aromatic heterocycles. The van der Waals surface area contributed by atoms with E-state index in [-0.39, 0.29) is 18.1 Å². The number of terminal acetylenes is 1. The van der Waals surface area contributed by atoms with Gasteiger partial charge in [-0.05, 0) is 12.8 Å². The second-order valence-electron chi connectivity index (χ2n) is 3.08. The van der Waals surface area contributed by atoms with E-state index in [2.05, 4.69) is 10.1 Å². The summed E-state index contributed by atoms with van der Waals surface area (Å²) in [6.45, 7) is 1.56. The first kappa shape index (κ1) is 14.1. The fourth-order valence-corrected chi connectivity index (χ4v) is 1.88. The van der Waals surface area contributed by atoms with Gasteiger partial charge in [0.05, 0.1) is 5.75 Å². The molecule has 4 nitrogen and oxygen atoms in total. The Labute approximate surface area is 91.1 Å². The Morgan fingerprint density at radius 2 is 2.07 bits per heavy atom. The molecule has 0 N–H and O–H groups in total. The Balaban J connectivity index is 3.67. The molecule has 0 fully saturated rings. The zero-order chi connectivity index (χ0) is 11.7. The number of rotatable bonds is 8. The molecule has 0 aliphatic carbocycles. The van der Waals surface area contributed by atoms with Gasteiger partial charge in [-0.1, -0.05) is 12.8 Å². The Bertz CT molecular complexity index is 324. The number of unbranched alkanes of at least 4 members (excludes halogenated alkanes) is 1. The molecular weight excluding hydrogens is 216 g/mol. The van der Waals surface area contributed by atoms with Gasteiger partial charge in [-0.3, -0.25) is 8.98 Å². The third-order valence-electron chi connectivity index (χ3n) is 1.82. The van der Waals surface area contributed by atoms with Gasteiger partial charge >= 0.3 is 0 Å². The number of carbonyl (C=O) groups is 1. The van der Waals surface area contributed by atoms with Gasteiger partial charge in [0.25, 0.3) is 10.1 Å². The minimum absolute atomic E-state index is 0.0777. The lowest BCUT2D eigenvalue weighted by Gasteiger charge is -2.02. The minimum Gasteiger partial charge on any atom is -0.300 e. The van der Waals surface area contributed by atoms with Crippen LogP contribution in [-0.2, 0) is 19.1 Å². The second-order valence-corrected chi connectivity index (χ2v) is 4.84. The highest BCUT2D eigenvalue weighted by molar-refractivity contribution is 7.86. The van der Waals surface area contributed by atoms with Crippen LogP contribution in [0.1, 0.15) is 32.6 Å². The van der Waals surface area contributed by atoms with Crippen molar-refractivity contribution >= 4 is 15.9 Å². The van der Waals surface area contributed by atoms with Gasteiger partial charge in [0.1, 0.15) is 12.4 Å². The summed E-state index contributed by atoms with van der Waals surface area (Å²) in [6.07, 6.45) is 6.80. The summed E-state index contributed by atoms with van der Waals surface area (Å²) in [6, 6.07) is 0. The SMILES string of the molecule is C#CCOS(=O)(=O)CCCCC(=O)CC. The fraction of sp³-hybridized carbons (Fsp3) is 0.700. The van der Waals surface area contributed by atoms with Gasteiger partial charge in [-0.15, -0.1) is 6.42 Å². The molecule has 0 spiro atoms. The summed E-state index contributed by atoms with van der Waals surface area (Å²) in [4.78, 5) is 10.9. The smallest absolute Gasteiger partial charge is 0.268 e. The van der Waals surface area contributed by atoms with E-state index in [1.165, 1.54) is 0 Å². The fourth-order valence-electron chi connectivity index (χ4n) is 0.961. The van der Waals surface area contributed by atoms with Gasteiger partial charge < -0.3 is 0 Å². The molecule has 0 saturated carbocycles. The van der Waals surface area contributed by atoms with Crippen molar-refractivity contribution < 1.29 is 17.4 Å². The predicted molar refractivity (Wildman–Crippen MR) is 57.7 cm³/mol. The van der Waals surface area contributed by atoms with Crippen molar-refractivity contribution in [2.45, 2.75) is 32.6 Å². The molecule has 5 heteroatoms. The number of hydrogen-bond donors (Lipinski definition) is 0. The second kappa shape index (κ2) is 7.43. The Kier molecular flexibility index (Phi) is 7.01. The van der Waals surface area contributed by atoms with Crippen LogP contribution in [0.3, 0.4) is 0 Å². The molecule has 0 amide bonds. The number of carbonyl (C=O) groups excluding carboxylic acids is 1. The number of hydrogen-bond acceptors (Lipinski definition) is 4. The molecule has 15 heavy (non-hydrogen) atoms. The third kappa shape index (κ3) is 8.16. The maximum atomic E-state index is 11.1. The Hall–Kier alpha value is -0.860. The summed E-state index contributed by atoms with van der Waals surface area (Å²) < 4.78 is 26.7. The molecule has 0 bridgehead atoms. The van der Waals surface area contributed by atoms with Crippen LogP contribution >= 0.6 is 0 Å². The maximum absolute atomic E-state index is 11.1. The van der Waals surface area contributed by atoms with Crippen LogP contribution in [0.5, 0.6) is 0 Å². The number of ketones is 1. The molecule has 0 aliphatic heterocycles. The largest absolute Gasteiger partial charge is 0.300 e. The topological polar surface area (TPSA) is 60.4 Å². The molecule has 0 atom stereocenters. The molecule has 0 aromatic carbocycles. The quantitative estimate of drug-likeness (QED) is 0.357. The van der Waals surface area contributed by atoms with Crippen LogP contribution in [0.25, 0.3) is 0 Å². The molecular formula is C10H16O4S. The van der Waals surface area contributed by atoms with E-state index in [1.54, 1.807) is 6.92 Å². The Morgan fingerprint density at radius 1 is 1.40 bits per heavy atom. The highest BCUT2D eigenvalue weighted by Crippen LogP contribution is 2.03. The van der Waals surface area contributed by atoms with Crippen LogP contribution in [0.2, 0.25) is 0 Å². The predicted octanol–water partition coefficient (Wildman–Crippen LogP) is 1.12. The van der Waals surface area contributed by atoms with E-state index < -0.39 is 10.1 Å². The minimum atomic E-state index is -3.50. The molecule has 0 heterocycles. The zero-order valence-electron chi connectivity index (χ0n) is 8.86. The molecule has 0 aromatic rings. The summed E-state index contributed by atoms with van der Waals surface area (Å²) in [5, 5.41) is 0. The summed E-state index contributed by atoms with van der Waals surface area (Å²) in [7, 11) is -3.50. The molecule has 0 aliphatic rings. The summed E-state index contributed by atoms with van der Waals surface area (Å²) >= 11 is 0. The van der Waals surface area contributed by atoms with E-state index in [0.29, 0.717) is 25.7 Å². The lowest BCUT2D eigenvalue weighted by Crippen LogP contribution is -2.11. The zero-order valence-corrected chi connectivity index (χ0v) is 9.68. The first-order chi connectivity index (χ1) is 7.02. The van der Waals surface area contributed by atoms with Crippen molar-refractivity contribution in [3.8, 4) is 12.3 Å². The first-order valence-corrected chi connectivity index (χ1v) is 6.42. The molecule has 0 saturated heterocycles. The highest BCUT2D eigenvalue weighted by atomic mass is 32.2. The van der Waals surface area contributed by atoms with Crippen molar-refractivity contribution in [3.05, 3.63) is 0 Å². The van der Waals surface area contributed by atoms with E-state index in [0.717, 1.165) is 0 Å². The average Bonchev–Trinajstić information content (AvgIpc) is 2.21. The molecule has 86 valence electrons. The van der Waals surface area contributed by atoms with E-state index in [9.17, 15) is 13.2 Å². The normalized spacial score (nSPS) is 10.9. The van der Waals surface area contributed by atoms with Crippen molar-refractivity contribution in [2.24, 2.45) is 0 Å². The average molecular weight is 232 g/mol. The number of Topliss-reactive ketones (excluding diaryl/α,β-unsaturated/α-hetero) is 1. The van der Waals surface area contributed by atoms with E-state index in [1.807, 2.05) is 0 Å². The first-order valence-electron chi connectivity index (χ1n) is 4.84. The highest BCUT2D eigenvalue weighted by Gasteiger charge is 2.10. The monoisotopic (exact) mass is 232 g/mol. The van der Waals surface area contributed by atoms with E-state index in [4.69, 9.17) is 6.42 Å². The van der Waals surface area contributed by atoms with Crippen LogP contribution in [0.15, 0.2) is 0 Å². The summed E-state index contributed by atoms with van der Waals surface area (Å²) in [5.74, 6) is 2.16. The maximum Gasteiger partial charge on any atom is 0.268 e. The van der Waals surface area contributed by atoms with Crippen LogP contribution in [-0.4, -0.2) is 26.6 Å². The Morgan fingerprint density at radius 3 is 2.60 bits per heavy atom. The molecule has 0 rings (SSSR count). The summed E-state index contributed by atoms with van der Waals surface area (Å²) in [5.41, 5.74) is 0. The van der Waals surface area contributed by atoms with Crippen molar-refractivity contribution in [1.82, 2.24) is 0 Å². The molecule has 0 radical (unpaired) electrons. The standard InChI is InChI=1S/C10H16O4S/c1-3-8-14-15(12,13)9-6-5-7-10(11)4-2/h1H,4-9H2,2H3. The lowest BCUT2D eigenvalue weighted by molar-refractivity contribution is -0.118. The van der Waals surface area contributed by atoms with Crippen molar-refractivity contribution in [1.29, 1.82) is 0 Å². The van der Waals surface area contributed by atoms with Crippen molar-refractivity contribution in [2.75, 3.05) is 12.4 Å².